The van der Waals surface area contributed by atoms with Crippen molar-refractivity contribution in [2.45, 2.75) is 19.8 Å². The second-order valence-electron chi connectivity index (χ2n) is 7.25. The van der Waals surface area contributed by atoms with Crippen molar-refractivity contribution in [2.24, 2.45) is 0 Å². The van der Waals surface area contributed by atoms with Gasteiger partial charge >= 0.3 is 0 Å². The highest BCUT2D eigenvalue weighted by Gasteiger charge is 2.12. The predicted octanol–water partition coefficient (Wildman–Crippen LogP) is 6.76. The lowest BCUT2D eigenvalue weighted by Crippen LogP contribution is -2.03. The second-order valence-corrected chi connectivity index (χ2v) is 7.25. The number of nitrogens with one attached hydrogen (secondary N) is 1. The second kappa shape index (κ2) is 9.10. The maximum absolute atomic E-state index is 12.7. The SMILES string of the molecule is [C-]#[N+]c1ccc(-c2cnc(Nc3cc(C(=O)CCc4ccccc4)ccc3C)o2)cc1. The Labute approximate surface area is 181 Å². The minimum Gasteiger partial charge on any atom is -0.423 e. The van der Waals surface area contributed by atoms with Gasteiger partial charge in [0.2, 0.25) is 0 Å². The van der Waals surface area contributed by atoms with Gasteiger partial charge in [-0.3, -0.25) is 4.79 Å². The quantitative estimate of drug-likeness (QED) is 0.272. The van der Waals surface area contributed by atoms with Gasteiger partial charge in [-0.1, -0.05) is 66.7 Å². The van der Waals surface area contributed by atoms with E-state index in [1.54, 1.807) is 18.3 Å². The number of carbonyl (C=O) groups excluding carboxylic acids is 1. The van der Waals surface area contributed by atoms with E-state index in [2.05, 4.69) is 15.1 Å². The summed E-state index contributed by atoms with van der Waals surface area (Å²) in [6.07, 6.45) is 2.81. The van der Waals surface area contributed by atoms with Gasteiger partial charge in [-0.2, -0.15) is 0 Å². The van der Waals surface area contributed by atoms with Crippen molar-refractivity contribution in [2.75, 3.05) is 5.32 Å². The van der Waals surface area contributed by atoms with Crippen LogP contribution in [0.25, 0.3) is 16.2 Å². The lowest BCUT2D eigenvalue weighted by Gasteiger charge is -2.09. The largest absolute Gasteiger partial charge is 0.423 e. The van der Waals surface area contributed by atoms with Gasteiger partial charge in [0, 0.05) is 23.2 Å². The summed E-state index contributed by atoms with van der Waals surface area (Å²) in [6, 6.07) is 23.1. The van der Waals surface area contributed by atoms with Crippen LogP contribution in [0.4, 0.5) is 17.4 Å². The molecule has 0 bridgehead atoms. The molecule has 0 saturated carbocycles. The van der Waals surface area contributed by atoms with E-state index in [4.69, 9.17) is 11.0 Å². The number of Topliss-reactive ketones (excluding diaryl/α,β-unsaturated/α-hetero) is 1. The minimum absolute atomic E-state index is 0.0971. The molecule has 0 amide bonds. The fraction of sp³-hybridized carbons (Fsp3) is 0.115. The van der Waals surface area contributed by atoms with Crippen molar-refractivity contribution >= 4 is 23.2 Å². The van der Waals surface area contributed by atoms with Crippen LogP contribution in [0.5, 0.6) is 0 Å². The summed E-state index contributed by atoms with van der Waals surface area (Å²) in [5, 5.41) is 3.18. The summed E-state index contributed by atoms with van der Waals surface area (Å²) in [6.45, 7) is 9.01. The number of hydrogen-bond donors (Lipinski definition) is 1. The van der Waals surface area contributed by atoms with E-state index in [-0.39, 0.29) is 5.78 Å². The van der Waals surface area contributed by atoms with Gasteiger partial charge in [0.15, 0.2) is 17.2 Å². The van der Waals surface area contributed by atoms with Crippen LogP contribution in [0.2, 0.25) is 0 Å². The molecule has 0 radical (unpaired) electrons. The van der Waals surface area contributed by atoms with Crippen LogP contribution in [-0.2, 0) is 6.42 Å². The first-order valence-electron chi connectivity index (χ1n) is 10.0. The maximum atomic E-state index is 12.7. The van der Waals surface area contributed by atoms with E-state index in [9.17, 15) is 4.79 Å². The van der Waals surface area contributed by atoms with Crippen molar-refractivity contribution < 1.29 is 9.21 Å². The van der Waals surface area contributed by atoms with E-state index >= 15 is 0 Å². The normalized spacial score (nSPS) is 10.5. The number of rotatable bonds is 7. The van der Waals surface area contributed by atoms with E-state index in [0.717, 1.165) is 22.4 Å². The molecule has 5 nitrogen and oxygen atoms in total. The number of aromatic nitrogens is 1. The van der Waals surface area contributed by atoms with E-state index < -0.39 is 0 Å². The van der Waals surface area contributed by atoms with Gasteiger partial charge < -0.3 is 9.73 Å². The molecule has 0 aliphatic heterocycles. The van der Waals surface area contributed by atoms with E-state index in [0.29, 0.717) is 35.9 Å². The van der Waals surface area contributed by atoms with Gasteiger partial charge in [-0.05, 0) is 30.5 Å². The van der Waals surface area contributed by atoms with Crippen molar-refractivity contribution in [1.82, 2.24) is 4.98 Å². The Bertz CT molecular complexity index is 1240. The van der Waals surface area contributed by atoms with Gasteiger partial charge in [-0.15, -0.1) is 0 Å². The molecule has 0 unspecified atom stereocenters. The summed E-state index contributed by atoms with van der Waals surface area (Å²) < 4.78 is 5.82. The third-order valence-electron chi connectivity index (χ3n) is 5.07. The first-order chi connectivity index (χ1) is 15.1. The molecule has 3 aromatic carbocycles. The van der Waals surface area contributed by atoms with Crippen LogP contribution in [0.3, 0.4) is 0 Å². The van der Waals surface area contributed by atoms with Crippen molar-refractivity contribution in [3.63, 3.8) is 0 Å². The minimum atomic E-state index is 0.0971. The fourth-order valence-electron chi connectivity index (χ4n) is 3.26. The molecule has 0 saturated heterocycles. The van der Waals surface area contributed by atoms with Crippen molar-refractivity contribution in [3.05, 3.63) is 107 Å². The third-order valence-corrected chi connectivity index (χ3v) is 5.07. The number of hydrogen-bond acceptors (Lipinski definition) is 4. The molecule has 1 aromatic heterocycles. The van der Waals surface area contributed by atoms with Gasteiger partial charge in [0.05, 0.1) is 12.8 Å². The highest BCUT2D eigenvalue weighted by atomic mass is 16.4. The Morgan fingerprint density at radius 3 is 2.58 bits per heavy atom. The number of benzene rings is 3. The average Bonchev–Trinajstić information content (AvgIpc) is 3.28. The molecular weight excluding hydrogens is 386 g/mol. The summed E-state index contributed by atoms with van der Waals surface area (Å²) in [5.74, 6) is 0.701. The highest BCUT2D eigenvalue weighted by molar-refractivity contribution is 5.97. The Morgan fingerprint density at radius 1 is 1.06 bits per heavy atom. The fourth-order valence-corrected chi connectivity index (χ4v) is 3.26. The standard InChI is InChI=1S/C26H21N3O2/c1-18-8-10-21(24(30)15-9-19-6-4-3-5-7-19)16-23(18)29-26-28-17-25(31-26)20-11-13-22(27-2)14-12-20/h3-8,10-14,16-17H,9,15H2,1H3,(H,28,29). The van der Waals surface area contributed by atoms with Crippen LogP contribution >= 0.6 is 0 Å². The Morgan fingerprint density at radius 2 is 1.84 bits per heavy atom. The summed E-state index contributed by atoms with van der Waals surface area (Å²) in [4.78, 5) is 20.4. The van der Waals surface area contributed by atoms with Crippen molar-refractivity contribution in [1.29, 1.82) is 0 Å². The summed E-state index contributed by atoms with van der Waals surface area (Å²) in [7, 11) is 0. The Kier molecular flexibility index (Phi) is 5.91. The van der Waals surface area contributed by atoms with E-state index in [1.807, 2.05) is 67.6 Å². The molecule has 5 heteroatoms. The molecule has 152 valence electrons. The number of oxazole rings is 1. The first kappa shape index (κ1) is 20.1. The summed E-state index contributed by atoms with van der Waals surface area (Å²) >= 11 is 0. The smallest absolute Gasteiger partial charge is 0.299 e. The topological polar surface area (TPSA) is 59.5 Å². The molecule has 0 atom stereocenters. The molecule has 0 aliphatic carbocycles. The monoisotopic (exact) mass is 407 g/mol. The van der Waals surface area contributed by atoms with Crippen LogP contribution in [0.15, 0.2) is 83.4 Å². The highest BCUT2D eigenvalue weighted by Crippen LogP contribution is 2.28. The van der Waals surface area contributed by atoms with Gasteiger partial charge in [0.1, 0.15) is 0 Å². The lowest BCUT2D eigenvalue weighted by atomic mass is 10.0. The molecule has 4 aromatic rings. The van der Waals surface area contributed by atoms with Crippen LogP contribution in [0, 0.1) is 13.5 Å². The molecule has 31 heavy (non-hydrogen) atoms. The Hall–Kier alpha value is -4.17. The zero-order valence-electron chi connectivity index (χ0n) is 17.1. The van der Waals surface area contributed by atoms with E-state index in [1.165, 1.54) is 0 Å². The molecule has 0 fully saturated rings. The van der Waals surface area contributed by atoms with Crippen molar-refractivity contribution in [3.8, 4) is 11.3 Å². The molecule has 0 aliphatic rings. The zero-order valence-corrected chi connectivity index (χ0v) is 17.1. The lowest BCUT2D eigenvalue weighted by molar-refractivity contribution is 0.0983. The first-order valence-corrected chi connectivity index (χ1v) is 10.0. The average molecular weight is 407 g/mol. The summed E-state index contributed by atoms with van der Waals surface area (Å²) in [5.41, 5.74) is 4.99. The number of ketones is 1. The third kappa shape index (κ3) is 4.88. The molecular formula is C26H21N3O2. The van der Waals surface area contributed by atoms with Crippen LogP contribution in [-0.4, -0.2) is 10.8 Å². The maximum Gasteiger partial charge on any atom is 0.299 e. The van der Waals surface area contributed by atoms with Crippen LogP contribution in [0.1, 0.15) is 27.9 Å². The molecule has 1 heterocycles. The zero-order chi connectivity index (χ0) is 21.6. The molecule has 1 N–H and O–H groups in total. The van der Waals surface area contributed by atoms with Gasteiger partial charge in [-0.25, -0.2) is 9.83 Å². The molecule has 4 rings (SSSR count). The molecule has 0 spiro atoms. The Balaban J connectivity index is 1.47. The van der Waals surface area contributed by atoms with Crippen LogP contribution < -0.4 is 5.32 Å². The number of anilines is 2. The number of aryl methyl sites for hydroxylation is 2. The number of nitrogens with zero attached hydrogens (tertiary/aromatic N) is 2. The van der Waals surface area contributed by atoms with Gasteiger partial charge in [0.25, 0.3) is 6.01 Å². The predicted molar refractivity (Wildman–Crippen MR) is 122 cm³/mol. The number of carbonyl (C=O) groups is 1.